The molecule has 0 N–H and O–H groups in total. The van der Waals surface area contributed by atoms with Crippen LogP contribution in [0.15, 0.2) is 35.2 Å². The van der Waals surface area contributed by atoms with Crippen molar-refractivity contribution >= 4 is 11.8 Å². The molecule has 1 aromatic carbocycles. The second kappa shape index (κ2) is 7.93. The molecule has 19 heavy (non-hydrogen) atoms. The zero-order chi connectivity index (χ0) is 13.5. The normalized spacial score (nSPS) is 18.1. The lowest BCUT2D eigenvalue weighted by Gasteiger charge is -2.33. The number of rotatable bonds is 6. The van der Waals surface area contributed by atoms with Crippen LogP contribution in [0.5, 0.6) is 0 Å². The molecule has 2 rings (SSSR count). The molecular weight excluding hydrogens is 252 g/mol. The van der Waals surface area contributed by atoms with E-state index in [0.717, 1.165) is 5.92 Å². The van der Waals surface area contributed by atoms with Gasteiger partial charge < -0.3 is 9.80 Å². The molecule has 0 bridgehead atoms. The number of hydrogen-bond donors (Lipinski definition) is 0. The van der Waals surface area contributed by atoms with E-state index in [2.05, 4.69) is 54.2 Å². The highest BCUT2D eigenvalue weighted by atomic mass is 32.2. The average Bonchev–Trinajstić information content (AvgIpc) is 2.41. The van der Waals surface area contributed by atoms with Gasteiger partial charge in [-0.2, -0.15) is 0 Å². The fourth-order valence-corrected chi connectivity index (χ4v) is 3.65. The molecule has 0 saturated carbocycles. The zero-order valence-electron chi connectivity index (χ0n) is 12.2. The maximum absolute atomic E-state index is 2.63. The predicted molar refractivity (Wildman–Crippen MR) is 84.9 cm³/mol. The number of likely N-dealkylation sites (tertiary alicyclic amines) is 1. The number of nitrogens with zero attached hydrogens (tertiary/aromatic N) is 2. The Balaban J connectivity index is 1.61. The molecule has 2 nitrogen and oxygen atoms in total. The van der Waals surface area contributed by atoms with Crippen LogP contribution in [0.1, 0.15) is 12.8 Å². The third-order valence-electron chi connectivity index (χ3n) is 3.75. The second-order valence-corrected chi connectivity index (χ2v) is 6.88. The minimum Gasteiger partial charge on any atom is -0.309 e. The predicted octanol–water partition coefficient (Wildman–Crippen LogP) is 3.05. The van der Waals surface area contributed by atoms with Crippen LogP contribution in [0, 0.1) is 5.92 Å². The van der Waals surface area contributed by atoms with Crippen molar-refractivity contribution in [3.05, 3.63) is 30.3 Å². The zero-order valence-corrected chi connectivity index (χ0v) is 13.0. The van der Waals surface area contributed by atoms with Crippen LogP contribution in [0.4, 0.5) is 0 Å². The molecule has 3 heteroatoms. The topological polar surface area (TPSA) is 6.48 Å². The number of piperidine rings is 1. The maximum atomic E-state index is 2.63. The molecule has 0 unspecified atom stereocenters. The molecule has 1 aliphatic heterocycles. The largest absolute Gasteiger partial charge is 0.309 e. The van der Waals surface area contributed by atoms with Gasteiger partial charge in [0.2, 0.25) is 0 Å². The Bertz CT molecular complexity index is 345. The van der Waals surface area contributed by atoms with Crippen molar-refractivity contribution in [2.45, 2.75) is 17.7 Å². The summed E-state index contributed by atoms with van der Waals surface area (Å²) in [4.78, 5) is 6.35. The smallest absolute Gasteiger partial charge is 0.0108 e. The molecule has 1 fully saturated rings. The fourth-order valence-electron chi connectivity index (χ4n) is 2.72. The van der Waals surface area contributed by atoms with E-state index in [0.29, 0.717) is 0 Å². The van der Waals surface area contributed by atoms with E-state index in [-0.39, 0.29) is 0 Å². The lowest BCUT2D eigenvalue weighted by atomic mass is 9.96. The Kier molecular flexibility index (Phi) is 6.21. The molecule has 0 aliphatic carbocycles. The molecule has 0 aromatic heterocycles. The summed E-state index contributed by atoms with van der Waals surface area (Å²) in [6.45, 7) is 5.06. The summed E-state index contributed by atoms with van der Waals surface area (Å²) in [5.41, 5.74) is 0. The standard InChI is InChI=1S/C16H26N2S/c1-17(2)14-15-8-10-18(11-9-15)12-13-19-16-6-4-3-5-7-16/h3-7,15H,8-14H2,1-2H3. The SMILES string of the molecule is CN(C)CC1CCN(CCSc2ccccc2)CC1. The van der Waals surface area contributed by atoms with Crippen LogP contribution in [0.2, 0.25) is 0 Å². The maximum Gasteiger partial charge on any atom is 0.0108 e. The minimum atomic E-state index is 0.910. The van der Waals surface area contributed by atoms with Gasteiger partial charge in [-0.05, 0) is 58.1 Å². The van der Waals surface area contributed by atoms with Crippen LogP contribution in [0.3, 0.4) is 0 Å². The highest BCUT2D eigenvalue weighted by Gasteiger charge is 2.19. The van der Waals surface area contributed by atoms with E-state index in [1.165, 1.54) is 49.7 Å². The lowest BCUT2D eigenvalue weighted by Crippen LogP contribution is -2.38. The Morgan fingerprint density at radius 1 is 1.16 bits per heavy atom. The molecule has 0 atom stereocenters. The molecule has 0 radical (unpaired) electrons. The van der Waals surface area contributed by atoms with Crippen molar-refractivity contribution in [1.82, 2.24) is 9.80 Å². The van der Waals surface area contributed by atoms with Crippen LogP contribution in [-0.4, -0.2) is 55.8 Å². The number of thioether (sulfide) groups is 1. The highest BCUT2D eigenvalue weighted by molar-refractivity contribution is 7.99. The summed E-state index contributed by atoms with van der Waals surface area (Å²) in [7, 11) is 4.37. The summed E-state index contributed by atoms with van der Waals surface area (Å²) >= 11 is 1.98. The van der Waals surface area contributed by atoms with Crippen LogP contribution in [0.25, 0.3) is 0 Å². The van der Waals surface area contributed by atoms with Gasteiger partial charge in [-0.15, -0.1) is 11.8 Å². The monoisotopic (exact) mass is 278 g/mol. The van der Waals surface area contributed by atoms with Gasteiger partial charge in [0.05, 0.1) is 0 Å². The summed E-state index contributed by atoms with van der Waals surface area (Å²) in [5, 5.41) is 0. The molecule has 106 valence electrons. The van der Waals surface area contributed by atoms with Crippen molar-refractivity contribution in [1.29, 1.82) is 0 Å². The lowest BCUT2D eigenvalue weighted by molar-refractivity contribution is 0.170. The fraction of sp³-hybridized carbons (Fsp3) is 0.625. The first-order valence-electron chi connectivity index (χ1n) is 7.29. The van der Waals surface area contributed by atoms with Gasteiger partial charge in [-0.25, -0.2) is 0 Å². The summed E-state index contributed by atoms with van der Waals surface area (Å²) in [5.74, 6) is 2.12. The highest BCUT2D eigenvalue weighted by Crippen LogP contribution is 2.20. The first kappa shape index (κ1) is 14.9. The first-order chi connectivity index (χ1) is 9.24. The van der Waals surface area contributed by atoms with Crippen LogP contribution >= 0.6 is 11.8 Å². The van der Waals surface area contributed by atoms with Gasteiger partial charge in [-0.3, -0.25) is 0 Å². The second-order valence-electron chi connectivity index (χ2n) is 5.71. The Hall–Kier alpha value is -0.510. The van der Waals surface area contributed by atoms with E-state index < -0.39 is 0 Å². The average molecular weight is 278 g/mol. The van der Waals surface area contributed by atoms with Crippen molar-refractivity contribution in [2.75, 3.05) is 46.0 Å². The Morgan fingerprint density at radius 2 is 1.84 bits per heavy atom. The summed E-state index contributed by atoms with van der Waals surface area (Å²) < 4.78 is 0. The molecule has 1 heterocycles. The molecule has 1 saturated heterocycles. The van der Waals surface area contributed by atoms with Gasteiger partial charge in [0, 0.05) is 23.7 Å². The molecule has 1 aromatic rings. The van der Waals surface area contributed by atoms with Crippen LogP contribution < -0.4 is 0 Å². The summed E-state index contributed by atoms with van der Waals surface area (Å²) in [6.07, 6.45) is 2.74. The molecular formula is C16H26N2S. The van der Waals surface area contributed by atoms with E-state index in [1.54, 1.807) is 0 Å². The first-order valence-corrected chi connectivity index (χ1v) is 8.27. The number of hydrogen-bond acceptors (Lipinski definition) is 3. The molecule has 1 aliphatic rings. The molecule has 0 amide bonds. The van der Waals surface area contributed by atoms with Crippen LogP contribution in [-0.2, 0) is 0 Å². The Morgan fingerprint density at radius 3 is 2.47 bits per heavy atom. The third kappa shape index (κ3) is 5.55. The van der Waals surface area contributed by atoms with Gasteiger partial charge in [0.15, 0.2) is 0 Å². The van der Waals surface area contributed by atoms with E-state index >= 15 is 0 Å². The van der Waals surface area contributed by atoms with E-state index in [4.69, 9.17) is 0 Å². The van der Waals surface area contributed by atoms with Crippen molar-refractivity contribution in [2.24, 2.45) is 5.92 Å². The van der Waals surface area contributed by atoms with Gasteiger partial charge in [-0.1, -0.05) is 18.2 Å². The minimum absolute atomic E-state index is 0.910. The van der Waals surface area contributed by atoms with Gasteiger partial charge in [0.1, 0.15) is 0 Å². The van der Waals surface area contributed by atoms with E-state index in [9.17, 15) is 0 Å². The molecule has 0 spiro atoms. The van der Waals surface area contributed by atoms with Gasteiger partial charge >= 0.3 is 0 Å². The van der Waals surface area contributed by atoms with Gasteiger partial charge in [0.25, 0.3) is 0 Å². The quantitative estimate of drug-likeness (QED) is 0.739. The van der Waals surface area contributed by atoms with Crippen molar-refractivity contribution in [3.63, 3.8) is 0 Å². The van der Waals surface area contributed by atoms with Crippen molar-refractivity contribution in [3.8, 4) is 0 Å². The van der Waals surface area contributed by atoms with Crippen molar-refractivity contribution < 1.29 is 0 Å². The number of benzene rings is 1. The third-order valence-corrected chi connectivity index (χ3v) is 4.74. The Labute approximate surface area is 122 Å². The summed E-state index contributed by atoms with van der Waals surface area (Å²) in [6, 6.07) is 10.7. The van der Waals surface area contributed by atoms with E-state index in [1.807, 2.05) is 11.8 Å².